The molecule has 1 rings (SSSR count). The van der Waals surface area contributed by atoms with E-state index in [0.717, 1.165) is 32.1 Å². The molecule has 41 heavy (non-hydrogen) atoms. The van der Waals surface area contributed by atoms with Gasteiger partial charge in [-0.25, -0.2) is 4.79 Å². The molecule has 0 fully saturated rings. The lowest BCUT2D eigenvalue weighted by atomic mass is 9.86. The third-order valence-corrected chi connectivity index (χ3v) is 6.91. The molecule has 10 heteroatoms. The van der Waals surface area contributed by atoms with Gasteiger partial charge in [-0.2, -0.15) is 0 Å². The SMILES string of the molecule is CCCCCOC(=O)O[C@@H](C)CC(N)(Cc1ccc(OC(=O)CC(C)CC)c(OC(=O)CC(C)CC)c1)C(=O)OC. The van der Waals surface area contributed by atoms with E-state index in [1.165, 1.54) is 19.2 Å². The van der Waals surface area contributed by atoms with E-state index in [9.17, 15) is 19.2 Å². The molecular formula is C31H49NO9. The number of esters is 3. The van der Waals surface area contributed by atoms with Crippen molar-refractivity contribution in [3.8, 4) is 11.5 Å². The van der Waals surface area contributed by atoms with Crippen LogP contribution < -0.4 is 15.2 Å². The van der Waals surface area contributed by atoms with E-state index in [2.05, 4.69) is 0 Å². The lowest BCUT2D eigenvalue weighted by Crippen LogP contribution is -2.53. The minimum atomic E-state index is -1.58. The molecule has 0 saturated carbocycles. The fraction of sp³-hybridized carbons (Fsp3) is 0.677. The second-order valence-electron chi connectivity index (χ2n) is 10.9. The molecule has 2 N–H and O–H groups in total. The van der Waals surface area contributed by atoms with E-state index in [1.807, 2.05) is 34.6 Å². The van der Waals surface area contributed by atoms with Gasteiger partial charge in [-0.15, -0.1) is 0 Å². The number of carbonyl (C=O) groups is 4. The van der Waals surface area contributed by atoms with Crippen molar-refractivity contribution in [1.29, 1.82) is 0 Å². The van der Waals surface area contributed by atoms with Crippen molar-refractivity contribution in [2.75, 3.05) is 13.7 Å². The van der Waals surface area contributed by atoms with Gasteiger partial charge in [-0.3, -0.25) is 14.4 Å². The van der Waals surface area contributed by atoms with Crippen LogP contribution in [-0.4, -0.2) is 49.4 Å². The van der Waals surface area contributed by atoms with Crippen molar-refractivity contribution in [1.82, 2.24) is 0 Å². The third-order valence-electron chi connectivity index (χ3n) is 6.91. The molecule has 3 unspecified atom stereocenters. The van der Waals surface area contributed by atoms with Gasteiger partial charge < -0.3 is 29.4 Å². The average Bonchev–Trinajstić information content (AvgIpc) is 2.91. The lowest BCUT2D eigenvalue weighted by molar-refractivity contribution is -0.148. The van der Waals surface area contributed by atoms with Gasteiger partial charge in [0.2, 0.25) is 0 Å². The maximum Gasteiger partial charge on any atom is 0.508 e. The van der Waals surface area contributed by atoms with Crippen molar-refractivity contribution >= 4 is 24.1 Å². The molecule has 1 aromatic rings. The zero-order chi connectivity index (χ0) is 31.0. The summed E-state index contributed by atoms with van der Waals surface area (Å²) in [6, 6.07) is 4.68. The van der Waals surface area contributed by atoms with Crippen LogP contribution in [0.3, 0.4) is 0 Å². The summed E-state index contributed by atoms with van der Waals surface area (Å²) in [4.78, 5) is 50.0. The Morgan fingerprint density at radius 3 is 2.00 bits per heavy atom. The molecule has 0 spiro atoms. The second kappa shape index (κ2) is 18.3. The Kier molecular flexibility index (Phi) is 16.0. The van der Waals surface area contributed by atoms with Crippen LogP contribution in [0.1, 0.15) is 98.5 Å². The number of hydrogen-bond donors (Lipinski definition) is 1. The third kappa shape index (κ3) is 13.4. The molecule has 0 bridgehead atoms. The van der Waals surface area contributed by atoms with Gasteiger partial charge in [-0.05, 0) is 42.9 Å². The van der Waals surface area contributed by atoms with E-state index in [1.54, 1.807) is 13.0 Å². The number of hydrogen-bond acceptors (Lipinski definition) is 10. The van der Waals surface area contributed by atoms with E-state index < -0.39 is 35.7 Å². The number of ether oxygens (including phenoxy) is 5. The molecule has 0 amide bonds. The summed E-state index contributed by atoms with van der Waals surface area (Å²) >= 11 is 0. The van der Waals surface area contributed by atoms with Gasteiger partial charge in [0, 0.05) is 25.7 Å². The molecule has 0 radical (unpaired) electrons. The molecule has 1 aromatic carbocycles. The molecule has 0 aromatic heterocycles. The smallest absolute Gasteiger partial charge is 0.468 e. The number of benzene rings is 1. The molecule has 4 atom stereocenters. The summed E-state index contributed by atoms with van der Waals surface area (Å²) < 4.78 is 26.5. The first-order valence-corrected chi connectivity index (χ1v) is 14.6. The minimum Gasteiger partial charge on any atom is -0.468 e. The molecule has 232 valence electrons. The summed E-state index contributed by atoms with van der Waals surface area (Å²) in [6.07, 6.45) is 2.99. The summed E-state index contributed by atoms with van der Waals surface area (Å²) in [7, 11) is 1.22. The van der Waals surface area contributed by atoms with Gasteiger partial charge in [0.1, 0.15) is 11.6 Å². The average molecular weight is 580 g/mol. The Bertz CT molecular complexity index is 996. The van der Waals surface area contributed by atoms with Crippen LogP contribution in [0.4, 0.5) is 4.79 Å². The Morgan fingerprint density at radius 1 is 0.878 bits per heavy atom. The highest BCUT2D eigenvalue weighted by atomic mass is 16.7. The quantitative estimate of drug-likeness (QED) is 0.127. The van der Waals surface area contributed by atoms with Crippen molar-refractivity contribution in [3.63, 3.8) is 0 Å². The van der Waals surface area contributed by atoms with Gasteiger partial charge in [0.05, 0.1) is 13.7 Å². The summed E-state index contributed by atoms with van der Waals surface area (Å²) in [5.41, 5.74) is 5.47. The van der Waals surface area contributed by atoms with E-state index >= 15 is 0 Å². The van der Waals surface area contributed by atoms with E-state index in [0.29, 0.717) is 5.56 Å². The number of unbranched alkanes of at least 4 members (excludes halogenated alkanes) is 2. The first-order chi connectivity index (χ1) is 19.4. The molecule has 10 nitrogen and oxygen atoms in total. The fourth-order valence-electron chi connectivity index (χ4n) is 4.07. The predicted molar refractivity (Wildman–Crippen MR) is 155 cm³/mol. The van der Waals surface area contributed by atoms with E-state index in [-0.39, 0.29) is 55.6 Å². The maximum absolute atomic E-state index is 12.8. The van der Waals surface area contributed by atoms with Crippen LogP contribution in [0.25, 0.3) is 0 Å². The zero-order valence-corrected chi connectivity index (χ0v) is 25.8. The monoisotopic (exact) mass is 579 g/mol. The van der Waals surface area contributed by atoms with Crippen LogP contribution >= 0.6 is 0 Å². The summed E-state index contributed by atoms with van der Waals surface area (Å²) in [6.45, 7) is 11.7. The number of carbonyl (C=O) groups excluding carboxylic acids is 4. The number of nitrogens with two attached hydrogens (primary N) is 1. The van der Waals surface area contributed by atoms with Crippen LogP contribution in [0.15, 0.2) is 18.2 Å². The largest absolute Gasteiger partial charge is 0.508 e. The van der Waals surface area contributed by atoms with Crippen molar-refractivity contribution in [3.05, 3.63) is 23.8 Å². The molecule has 0 aliphatic heterocycles. The van der Waals surface area contributed by atoms with E-state index in [4.69, 9.17) is 29.4 Å². The topological polar surface area (TPSA) is 140 Å². The van der Waals surface area contributed by atoms with Crippen LogP contribution in [0.2, 0.25) is 0 Å². The van der Waals surface area contributed by atoms with Gasteiger partial charge in [0.15, 0.2) is 11.5 Å². The Balaban J connectivity index is 3.17. The summed E-state index contributed by atoms with van der Waals surface area (Å²) in [5, 5.41) is 0. The molecule has 0 heterocycles. The number of rotatable bonds is 18. The summed E-state index contributed by atoms with van der Waals surface area (Å²) in [5.74, 6) is -1.22. The highest BCUT2D eigenvalue weighted by molar-refractivity contribution is 5.81. The lowest BCUT2D eigenvalue weighted by Gasteiger charge is -2.29. The van der Waals surface area contributed by atoms with Crippen LogP contribution in [0, 0.1) is 11.8 Å². The highest BCUT2D eigenvalue weighted by Crippen LogP contribution is 2.32. The first-order valence-electron chi connectivity index (χ1n) is 14.6. The molecule has 0 aliphatic rings. The fourth-order valence-corrected chi connectivity index (χ4v) is 4.07. The highest BCUT2D eigenvalue weighted by Gasteiger charge is 2.38. The normalized spacial score (nSPS) is 14.6. The van der Waals surface area contributed by atoms with Crippen LogP contribution in [0.5, 0.6) is 11.5 Å². The Hall–Kier alpha value is -3.14. The first kappa shape index (κ1) is 35.9. The Labute approximate surface area is 244 Å². The zero-order valence-electron chi connectivity index (χ0n) is 25.8. The molecular weight excluding hydrogens is 530 g/mol. The predicted octanol–water partition coefficient (Wildman–Crippen LogP) is 5.90. The molecule has 0 saturated heterocycles. The standard InChI is InChI=1S/C31H49NO9/c1-8-11-12-15-38-30(36)39-23(6)19-31(32,29(35)37-7)20-24-13-14-25(40-27(33)16-21(4)9-2)26(18-24)41-28(34)17-22(5)10-3/h13-14,18,21-23H,8-12,15-17,19-20,32H2,1-7H3/t21?,22?,23-,31?/m0/s1. The van der Waals surface area contributed by atoms with Gasteiger partial charge in [0.25, 0.3) is 0 Å². The van der Waals surface area contributed by atoms with Crippen molar-refractivity contribution < 1.29 is 42.9 Å². The van der Waals surface area contributed by atoms with Crippen molar-refractivity contribution in [2.45, 2.75) is 111 Å². The number of methoxy groups -OCH3 is 1. The Morgan fingerprint density at radius 2 is 1.46 bits per heavy atom. The second-order valence-corrected chi connectivity index (χ2v) is 10.9. The maximum atomic E-state index is 12.8. The minimum absolute atomic E-state index is 0.0318. The molecule has 0 aliphatic carbocycles. The van der Waals surface area contributed by atoms with Gasteiger partial charge >= 0.3 is 24.1 Å². The van der Waals surface area contributed by atoms with Crippen LogP contribution in [-0.2, 0) is 35.0 Å². The van der Waals surface area contributed by atoms with Gasteiger partial charge in [-0.1, -0.05) is 66.4 Å². The van der Waals surface area contributed by atoms with Crippen molar-refractivity contribution in [2.24, 2.45) is 17.6 Å².